The van der Waals surface area contributed by atoms with Gasteiger partial charge in [0, 0.05) is 0 Å². The summed E-state index contributed by atoms with van der Waals surface area (Å²) < 4.78 is 4.48. The lowest BCUT2D eigenvalue weighted by atomic mass is 10.1. The zero-order valence-electron chi connectivity index (χ0n) is 13.4. The van der Waals surface area contributed by atoms with Gasteiger partial charge >= 0.3 is 5.97 Å². The van der Waals surface area contributed by atoms with E-state index in [-0.39, 0.29) is 12.5 Å². The molecule has 0 N–H and O–H groups in total. The summed E-state index contributed by atoms with van der Waals surface area (Å²) in [7, 11) is 1.23. The average molecular weight is 327 g/mol. The summed E-state index contributed by atoms with van der Waals surface area (Å²) in [6.45, 7) is 1.89. The van der Waals surface area contributed by atoms with E-state index in [1.54, 1.807) is 0 Å². The number of nitrogens with zero attached hydrogens (tertiary/aromatic N) is 1. The van der Waals surface area contributed by atoms with Gasteiger partial charge in [0.2, 0.25) is 0 Å². The SMILES string of the molecule is CCCCCCCCC/C=C1/SC(=O)N(CC(=O)OC)C1=O. The van der Waals surface area contributed by atoms with Gasteiger partial charge in [-0.1, -0.05) is 51.5 Å². The number of unbranched alkanes of at least 4 members (excludes halogenated alkanes) is 7. The number of thioether (sulfide) groups is 1. The van der Waals surface area contributed by atoms with Crippen LogP contribution in [0, 0.1) is 0 Å². The Kier molecular flexibility index (Phi) is 8.89. The van der Waals surface area contributed by atoms with Crippen LogP contribution >= 0.6 is 11.8 Å². The second-order valence-electron chi connectivity index (χ2n) is 5.31. The molecule has 0 aromatic rings. The molecule has 0 aliphatic carbocycles. The third-order valence-corrected chi connectivity index (χ3v) is 4.48. The second-order valence-corrected chi connectivity index (χ2v) is 6.31. The Morgan fingerprint density at radius 2 is 1.77 bits per heavy atom. The molecular weight excluding hydrogens is 302 g/mol. The lowest BCUT2D eigenvalue weighted by Crippen LogP contribution is -2.34. The predicted molar refractivity (Wildman–Crippen MR) is 87.4 cm³/mol. The highest BCUT2D eigenvalue weighted by Gasteiger charge is 2.36. The topological polar surface area (TPSA) is 63.7 Å². The van der Waals surface area contributed by atoms with Crippen molar-refractivity contribution in [1.82, 2.24) is 4.90 Å². The molecule has 1 aliphatic heterocycles. The van der Waals surface area contributed by atoms with Crippen molar-refractivity contribution in [3.63, 3.8) is 0 Å². The fourth-order valence-corrected chi connectivity index (χ4v) is 3.05. The Labute approximate surface area is 136 Å². The molecule has 2 amide bonds. The van der Waals surface area contributed by atoms with Crippen LogP contribution in [0.2, 0.25) is 0 Å². The zero-order chi connectivity index (χ0) is 16.4. The molecule has 5 nitrogen and oxygen atoms in total. The van der Waals surface area contributed by atoms with Gasteiger partial charge < -0.3 is 4.74 Å². The molecule has 0 unspecified atom stereocenters. The number of carbonyl (C=O) groups excluding carboxylic acids is 3. The number of carbonyl (C=O) groups is 3. The minimum atomic E-state index is -0.587. The number of esters is 1. The van der Waals surface area contributed by atoms with Crippen molar-refractivity contribution in [1.29, 1.82) is 0 Å². The van der Waals surface area contributed by atoms with Crippen LogP contribution in [0.25, 0.3) is 0 Å². The monoisotopic (exact) mass is 327 g/mol. The summed E-state index contributed by atoms with van der Waals surface area (Å²) in [6.07, 6.45) is 11.1. The number of hydrogen-bond donors (Lipinski definition) is 0. The van der Waals surface area contributed by atoms with E-state index >= 15 is 0 Å². The van der Waals surface area contributed by atoms with Crippen molar-refractivity contribution in [3.05, 3.63) is 11.0 Å². The third kappa shape index (κ3) is 6.22. The van der Waals surface area contributed by atoms with Gasteiger partial charge in [0.15, 0.2) is 0 Å². The van der Waals surface area contributed by atoms with Crippen LogP contribution in [-0.4, -0.2) is 35.7 Å². The number of imide groups is 1. The fraction of sp³-hybridized carbons (Fsp3) is 0.688. The molecule has 6 heteroatoms. The first kappa shape index (κ1) is 18.7. The van der Waals surface area contributed by atoms with Crippen molar-refractivity contribution >= 4 is 28.9 Å². The Balaban J connectivity index is 2.29. The van der Waals surface area contributed by atoms with Crippen molar-refractivity contribution < 1.29 is 19.1 Å². The number of methoxy groups -OCH3 is 1. The molecular formula is C16H25NO4S. The minimum absolute atomic E-state index is 0.310. The first-order chi connectivity index (χ1) is 10.6. The maximum Gasteiger partial charge on any atom is 0.325 e. The summed E-state index contributed by atoms with van der Waals surface area (Å²) >= 11 is 0.900. The van der Waals surface area contributed by atoms with Crippen LogP contribution in [0.1, 0.15) is 58.3 Å². The fourth-order valence-electron chi connectivity index (χ4n) is 2.20. The standard InChI is InChI=1S/C16H25NO4S/c1-3-4-5-6-7-8-9-10-11-13-15(19)17(16(20)22-13)12-14(18)21-2/h11H,3-10,12H2,1-2H3/b13-11+. The maximum atomic E-state index is 12.0. The highest BCUT2D eigenvalue weighted by atomic mass is 32.2. The normalized spacial score (nSPS) is 16.6. The van der Waals surface area contributed by atoms with E-state index in [1.807, 2.05) is 6.08 Å². The van der Waals surface area contributed by atoms with Crippen LogP contribution in [0.15, 0.2) is 11.0 Å². The maximum absolute atomic E-state index is 12.0. The molecule has 0 aromatic carbocycles. The first-order valence-electron chi connectivity index (χ1n) is 7.90. The van der Waals surface area contributed by atoms with E-state index in [2.05, 4.69) is 11.7 Å². The summed E-state index contributed by atoms with van der Waals surface area (Å²) in [6, 6.07) is 0. The quantitative estimate of drug-likeness (QED) is 0.346. The van der Waals surface area contributed by atoms with Gasteiger partial charge in [-0.3, -0.25) is 19.3 Å². The van der Waals surface area contributed by atoms with Crippen LogP contribution in [0.4, 0.5) is 4.79 Å². The molecule has 124 valence electrons. The van der Waals surface area contributed by atoms with Gasteiger partial charge in [-0.15, -0.1) is 0 Å². The van der Waals surface area contributed by atoms with Gasteiger partial charge in [0.25, 0.3) is 11.1 Å². The number of hydrogen-bond acceptors (Lipinski definition) is 5. The highest BCUT2D eigenvalue weighted by Crippen LogP contribution is 2.31. The number of ether oxygens (including phenoxy) is 1. The van der Waals surface area contributed by atoms with E-state index in [1.165, 1.54) is 39.2 Å². The first-order valence-corrected chi connectivity index (χ1v) is 8.72. The van der Waals surface area contributed by atoms with E-state index in [0.717, 1.165) is 35.9 Å². The van der Waals surface area contributed by atoms with Gasteiger partial charge in [0.1, 0.15) is 6.54 Å². The van der Waals surface area contributed by atoms with Crippen LogP contribution in [0.5, 0.6) is 0 Å². The lowest BCUT2D eigenvalue weighted by Gasteiger charge is -2.09. The number of allylic oxidation sites excluding steroid dienone is 1. The third-order valence-electron chi connectivity index (χ3n) is 3.53. The van der Waals surface area contributed by atoms with Crippen molar-refractivity contribution in [2.45, 2.75) is 58.3 Å². The Morgan fingerprint density at radius 3 is 2.41 bits per heavy atom. The smallest absolute Gasteiger partial charge is 0.325 e. The molecule has 1 aliphatic rings. The molecule has 1 rings (SSSR count). The zero-order valence-corrected chi connectivity index (χ0v) is 14.2. The minimum Gasteiger partial charge on any atom is -0.468 e. The summed E-state index contributed by atoms with van der Waals surface area (Å²) in [5, 5.41) is -0.402. The van der Waals surface area contributed by atoms with E-state index in [9.17, 15) is 14.4 Å². The van der Waals surface area contributed by atoms with Gasteiger partial charge in [0.05, 0.1) is 12.0 Å². The molecule has 22 heavy (non-hydrogen) atoms. The lowest BCUT2D eigenvalue weighted by molar-refractivity contribution is -0.143. The van der Waals surface area contributed by atoms with Crippen molar-refractivity contribution in [2.24, 2.45) is 0 Å². The summed E-state index contributed by atoms with van der Waals surface area (Å²) in [5.41, 5.74) is 0. The van der Waals surface area contributed by atoms with Crippen molar-refractivity contribution in [2.75, 3.05) is 13.7 Å². The molecule has 0 saturated carbocycles. The van der Waals surface area contributed by atoms with Crippen LogP contribution in [0.3, 0.4) is 0 Å². The predicted octanol–water partition coefficient (Wildman–Crippen LogP) is 3.88. The molecule has 0 atom stereocenters. The largest absolute Gasteiger partial charge is 0.468 e. The average Bonchev–Trinajstić information content (AvgIpc) is 2.77. The number of amides is 2. The Bertz CT molecular complexity index is 434. The molecule has 0 radical (unpaired) electrons. The van der Waals surface area contributed by atoms with E-state index in [4.69, 9.17) is 0 Å². The molecule has 0 bridgehead atoms. The summed E-state index contributed by atoms with van der Waals surface area (Å²) in [4.78, 5) is 36.3. The molecule has 0 aromatic heterocycles. The highest BCUT2D eigenvalue weighted by molar-refractivity contribution is 8.18. The second kappa shape index (κ2) is 10.4. The molecule has 0 spiro atoms. The van der Waals surface area contributed by atoms with E-state index < -0.39 is 11.2 Å². The summed E-state index contributed by atoms with van der Waals surface area (Å²) in [5.74, 6) is -0.973. The van der Waals surface area contributed by atoms with E-state index in [0.29, 0.717) is 4.91 Å². The number of rotatable bonds is 10. The molecule has 1 fully saturated rings. The van der Waals surface area contributed by atoms with Crippen LogP contribution in [-0.2, 0) is 14.3 Å². The van der Waals surface area contributed by atoms with Crippen LogP contribution < -0.4 is 0 Å². The van der Waals surface area contributed by atoms with Gasteiger partial charge in [-0.05, 0) is 24.6 Å². The Morgan fingerprint density at radius 1 is 1.14 bits per heavy atom. The van der Waals surface area contributed by atoms with Gasteiger partial charge in [-0.25, -0.2) is 0 Å². The Hall–Kier alpha value is -1.30. The van der Waals surface area contributed by atoms with Gasteiger partial charge in [-0.2, -0.15) is 0 Å². The molecule has 1 heterocycles. The van der Waals surface area contributed by atoms with Crippen molar-refractivity contribution in [3.8, 4) is 0 Å². The molecule has 1 saturated heterocycles.